The van der Waals surface area contributed by atoms with Crippen LogP contribution in [-0.2, 0) is 12.2 Å². The molecule has 0 radical (unpaired) electrons. The van der Waals surface area contributed by atoms with Crippen molar-refractivity contribution in [1.82, 2.24) is 9.97 Å². The first-order valence-electron chi connectivity index (χ1n) is 8.05. The Kier molecular flexibility index (Phi) is 5.77. The van der Waals surface area contributed by atoms with Crippen LogP contribution in [0.2, 0.25) is 5.02 Å². The van der Waals surface area contributed by atoms with Crippen LogP contribution < -0.4 is 5.73 Å². The van der Waals surface area contributed by atoms with E-state index in [1.165, 1.54) is 11.8 Å². The fourth-order valence-corrected chi connectivity index (χ4v) is 3.75. The average molecular weight is 381 g/mol. The van der Waals surface area contributed by atoms with E-state index in [1.807, 2.05) is 49.4 Å². The van der Waals surface area contributed by atoms with E-state index in [2.05, 4.69) is 22.1 Å². The summed E-state index contributed by atoms with van der Waals surface area (Å²) in [6, 6.07) is 17.9. The lowest BCUT2D eigenvalue weighted by Crippen LogP contribution is -2.06. The maximum atomic E-state index is 9.43. The van der Waals surface area contributed by atoms with Gasteiger partial charge in [0.05, 0.1) is 5.69 Å². The second kappa shape index (κ2) is 8.22. The molecule has 0 fully saturated rings. The van der Waals surface area contributed by atoms with Crippen molar-refractivity contribution in [1.29, 1.82) is 5.26 Å². The molecule has 130 valence electrons. The predicted molar refractivity (Wildman–Crippen MR) is 106 cm³/mol. The van der Waals surface area contributed by atoms with Crippen LogP contribution in [0.25, 0.3) is 0 Å². The van der Waals surface area contributed by atoms with Gasteiger partial charge >= 0.3 is 0 Å². The molecule has 0 spiro atoms. The Morgan fingerprint density at radius 3 is 2.69 bits per heavy atom. The highest BCUT2D eigenvalue weighted by atomic mass is 35.5. The lowest BCUT2D eigenvalue weighted by molar-refractivity contribution is 0.901. The summed E-state index contributed by atoms with van der Waals surface area (Å²) in [6.45, 7) is 2.04. The Hall–Kier alpha value is -2.55. The van der Waals surface area contributed by atoms with Crippen molar-refractivity contribution in [2.45, 2.75) is 24.3 Å². The van der Waals surface area contributed by atoms with Crippen molar-refractivity contribution < 1.29 is 0 Å². The van der Waals surface area contributed by atoms with Gasteiger partial charge in [0.15, 0.2) is 5.16 Å². The fraction of sp³-hybridized carbons (Fsp3) is 0.150. The third-order valence-corrected chi connectivity index (χ3v) is 5.14. The van der Waals surface area contributed by atoms with Gasteiger partial charge in [-0.2, -0.15) is 5.26 Å². The molecule has 26 heavy (non-hydrogen) atoms. The van der Waals surface area contributed by atoms with Gasteiger partial charge in [0.1, 0.15) is 17.5 Å². The van der Waals surface area contributed by atoms with Gasteiger partial charge in [-0.1, -0.05) is 71.4 Å². The summed E-state index contributed by atoms with van der Waals surface area (Å²) in [5.41, 5.74) is 10.2. The quantitative estimate of drug-likeness (QED) is 0.509. The van der Waals surface area contributed by atoms with E-state index < -0.39 is 0 Å². The van der Waals surface area contributed by atoms with Crippen molar-refractivity contribution >= 4 is 29.2 Å². The highest BCUT2D eigenvalue weighted by Crippen LogP contribution is 2.27. The number of nitrogens with two attached hydrogens (primary N) is 1. The summed E-state index contributed by atoms with van der Waals surface area (Å²) >= 11 is 7.65. The molecule has 0 aliphatic rings. The summed E-state index contributed by atoms with van der Waals surface area (Å²) in [7, 11) is 0. The van der Waals surface area contributed by atoms with E-state index >= 15 is 0 Å². The smallest absolute Gasteiger partial charge is 0.190 e. The molecule has 0 aliphatic carbocycles. The number of nitrogens with zero attached hydrogens (tertiary/aromatic N) is 3. The summed E-state index contributed by atoms with van der Waals surface area (Å²) in [5, 5.41) is 10.7. The molecule has 1 aromatic heterocycles. The van der Waals surface area contributed by atoms with Crippen molar-refractivity contribution in [2.75, 3.05) is 5.73 Å². The van der Waals surface area contributed by atoms with Crippen LogP contribution in [0, 0.1) is 18.3 Å². The number of halogens is 1. The number of hydrogen-bond acceptors (Lipinski definition) is 5. The monoisotopic (exact) mass is 380 g/mol. The molecule has 0 aliphatic heterocycles. The Bertz CT molecular complexity index is 982. The van der Waals surface area contributed by atoms with Crippen LogP contribution in [-0.4, -0.2) is 9.97 Å². The van der Waals surface area contributed by atoms with Crippen molar-refractivity contribution in [2.24, 2.45) is 0 Å². The van der Waals surface area contributed by atoms with E-state index in [0.29, 0.717) is 33.6 Å². The van der Waals surface area contributed by atoms with Gasteiger partial charge in [0, 0.05) is 17.2 Å². The van der Waals surface area contributed by atoms with Gasteiger partial charge in [-0.25, -0.2) is 9.97 Å². The molecule has 1 heterocycles. The number of benzene rings is 2. The normalized spacial score (nSPS) is 10.5. The number of aromatic nitrogens is 2. The minimum Gasteiger partial charge on any atom is -0.382 e. The number of anilines is 1. The lowest BCUT2D eigenvalue weighted by atomic mass is 10.0. The van der Waals surface area contributed by atoms with E-state index in [1.54, 1.807) is 0 Å². The molecular weight excluding hydrogens is 364 g/mol. The average Bonchev–Trinajstić information content (AvgIpc) is 2.61. The summed E-state index contributed by atoms with van der Waals surface area (Å²) in [5.74, 6) is 0.848. The second-order valence-corrected chi connectivity index (χ2v) is 7.22. The van der Waals surface area contributed by atoms with Crippen LogP contribution in [0.5, 0.6) is 0 Å². The molecule has 3 aromatic rings. The summed E-state index contributed by atoms with van der Waals surface area (Å²) in [4.78, 5) is 8.85. The number of hydrogen-bond donors (Lipinski definition) is 1. The Balaban J connectivity index is 1.87. The molecule has 6 heteroatoms. The minimum absolute atomic E-state index is 0.215. The number of nitriles is 1. The van der Waals surface area contributed by atoms with E-state index in [0.717, 1.165) is 16.7 Å². The lowest BCUT2D eigenvalue weighted by Gasteiger charge is -2.09. The van der Waals surface area contributed by atoms with Gasteiger partial charge < -0.3 is 5.73 Å². The van der Waals surface area contributed by atoms with Crippen LogP contribution >= 0.6 is 23.4 Å². The maximum Gasteiger partial charge on any atom is 0.190 e. The number of rotatable bonds is 5. The molecule has 3 rings (SSSR count). The third-order valence-electron chi connectivity index (χ3n) is 3.87. The summed E-state index contributed by atoms with van der Waals surface area (Å²) in [6.07, 6.45) is 0.539. The van der Waals surface area contributed by atoms with Gasteiger partial charge in [-0.15, -0.1) is 0 Å². The zero-order valence-corrected chi connectivity index (χ0v) is 15.8. The maximum absolute atomic E-state index is 9.43. The topological polar surface area (TPSA) is 75.6 Å². The third kappa shape index (κ3) is 4.34. The van der Waals surface area contributed by atoms with Crippen LogP contribution in [0.1, 0.15) is 27.9 Å². The molecule has 2 N–H and O–H groups in total. The molecule has 0 unspecified atom stereocenters. The molecule has 0 saturated heterocycles. The molecule has 0 bridgehead atoms. The van der Waals surface area contributed by atoms with Crippen LogP contribution in [0.15, 0.2) is 53.7 Å². The van der Waals surface area contributed by atoms with Crippen molar-refractivity contribution in [3.05, 3.63) is 81.5 Å². The Labute approximate surface area is 162 Å². The minimum atomic E-state index is 0.215. The number of thioether (sulfide) groups is 1. The molecule has 4 nitrogen and oxygen atoms in total. The Morgan fingerprint density at radius 2 is 1.96 bits per heavy atom. The van der Waals surface area contributed by atoms with Gasteiger partial charge in [-0.05, 0) is 24.1 Å². The largest absolute Gasteiger partial charge is 0.382 e. The van der Waals surface area contributed by atoms with Crippen LogP contribution in [0.3, 0.4) is 0 Å². The fourth-order valence-electron chi connectivity index (χ4n) is 2.59. The van der Waals surface area contributed by atoms with E-state index in [9.17, 15) is 5.26 Å². The van der Waals surface area contributed by atoms with Gasteiger partial charge in [-0.3, -0.25) is 0 Å². The molecule has 2 aromatic carbocycles. The zero-order chi connectivity index (χ0) is 18.5. The van der Waals surface area contributed by atoms with Crippen molar-refractivity contribution in [3.63, 3.8) is 0 Å². The first-order chi connectivity index (χ1) is 12.6. The standard InChI is InChI=1S/C20H17ClN4S/c1-13-5-4-6-14(9-13)10-18-16(11-22)19(23)25-20(24-18)26-12-15-7-2-3-8-17(15)21/h2-9H,10,12H2,1H3,(H2,23,24,25). The SMILES string of the molecule is Cc1cccc(Cc2nc(SCc3ccccc3Cl)nc(N)c2C#N)c1. The first kappa shape index (κ1) is 18.2. The van der Waals surface area contributed by atoms with E-state index in [-0.39, 0.29) is 5.82 Å². The molecule has 0 atom stereocenters. The highest BCUT2D eigenvalue weighted by Gasteiger charge is 2.14. The second-order valence-electron chi connectivity index (χ2n) is 5.87. The predicted octanol–water partition coefficient (Wildman–Crippen LogP) is 4.78. The van der Waals surface area contributed by atoms with Crippen LogP contribution in [0.4, 0.5) is 5.82 Å². The summed E-state index contributed by atoms with van der Waals surface area (Å²) < 4.78 is 0. The van der Waals surface area contributed by atoms with Gasteiger partial charge in [0.2, 0.25) is 0 Å². The van der Waals surface area contributed by atoms with E-state index in [4.69, 9.17) is 17.3 Å². The highest BCUT2D eigenvalue weighted by molar-refractivity contribution is 7.98. The zero-order valence-electron chi connectivity index (χ0n) is 14.2. The Morgan fingerprint density at radius 1 is 1.15 bits per heavy atom. The molecule has 0 amide bonds. The number of aryl methyl sites for hydroxylation is 1. The molecule has 0 saturated carbocycles. The van der Waals surface area contributed by atoms with Gasteiger partial charge in [0.25, 0.3) is 0 Å². The van der Waals surface area contributed by atoms with Crippen molar-refractivity contribution in [3.8, 4) is 6.07 Å². The number of nitrogen functional groups attached to an aromatic ring is 1. The first-order valence-corrected chi connectivity index (χ1v) is 9.41. The molecular formula is C20H17ClN4S.